The summed E-state index contributed by atoms with van der Waals surface area (Å²) in [6.45, 7) is 5.83. The summed E-state index contributed by atoms with van der Waals surface area (Å²) >= 11 is 0. The van der Waals surface area contributed by atoms with Crippen molar-refractivity contribution >= 4 is 0 Å². The summed E-state index contributed by atoms with van der Waals surface area (Å²) in [6.07, 6.45) is 1.65. The molecule has 1 saturated heterocycles. The van der Waals surface area contributed by atoms with Crippen LogP contribution in [0.5, 0.6) is 0 Å². The van der Waals surface area contributed by atoms with Crippen molar-refractivity contribution in [2.75, 3.05) is 13.1 Å². The highest BCUT2D eigenvalue weighted by Gasteiger charge is 2.16. The Morgan fingerprint density at radius 3 is 2.54 bits per heavy atom. The van der Waals surface area contributed by atoms with E-state index in [0.29, 0.717) is 5.56 Å². The Bertz CT molecular complexity index is 743. The molecular formula is C22H27N3O. The highest BCUT2D eigenvalue weighted by atomic mass is 16.3. The maximum absolute atomic E-state index is 9.60. The van der Waals surface area contributed by atoms with E-state index < -0.39 is 0 Å². The van der Waals surface area contributed by atoms with Gasteiger partial charge in [0.15, 0.2) is 0 Å². The molecule has 0 aliphatic carbocycles. The molecule has 1 fully saturated rings. The van der Waals surface area contributed by atoms with Crippen LogP contribution in [0.25, 0.3) is 0 Å². The first-order valence-corrected chi connectivity index (χ1v) is 9.36. The number of aliphatic hydroxyl groups is 1. The Kier molecular flexibility index (Phi) is 6.40. The van der Waals surface area contributed by atoms with Crippen molar-refractivity contribution < 1.29 is 5.11 Å². The molecular weight excluding hydrogens is 322 g/mol. The zero-order chi connectivity index (χ0) is 18.4. The summed E-state index contributed by atoms with van der Waals surface area (Å²) < 4.78 is 0. The first-order chi connectivity index (χ1) is 12.6. The van der Waals surface area contributed by atoms with Crippen LogP contribution in [0.4, 0.5) is 0 Å². The molecule has 1 aliphatic rings. The number of nitrogens with one attached hydrogen (secondary N) is 1. The molecule has 2 aromatic rings. The van der Waals surface area contributed by atoms with Gasteiger partial charge >= 0.3 is 0 Å². The third-order valence-electron chi connectivity index (χ3n) is 5.11. The van der Waals surface area contributed by atoms with Gasteiger partial charge in [0.25, 0.3) is 0 Å². The van der Waals surface area contributed by atoms with Crippen LogP contribution in [0.15, 0.2) is 48.5 Å². The van der Waals surface area contributed by atoms with Crippen LogP contribution in [0, 0.1) is 11.3 Å². The van der Waals surface area contributed by atoms with Gasteiger partial charge in [0.2, 0.25) is 0 Å². The van der Waals surface area contributed by atoms with Crippen molar-refractivity contribution in [3.8, 4) is 6.07 Å². The third-order valence-corrected chi connectivity index (χ3v) is 5.11. The number of rotatable bonds is 6. The number of nitriles is 1. The van der Waals surface area contributed by atoms with Gasteiger partial charge < -0.3 is 10.4 Å². The van der Waals surface area contributed by atoms with Gasteiger partial charge in [-0.15, -0.1) is 0 Å². The van der Waals surface area contributed by atoms with Gasteiger partial charge in [-0.1, -0.05) is 36.4 Å². The van der Waals surface area contributed by atoms with E-state index in [4.69, 9.17) is 5.26 Å². The molecule has 2 N–H and O–H groups in total. The molecule has 0 amide bonds. The van der Waals surface area contributed by atoms with Gasteiger partial charge in [0.1, 0.15) is 0 Å². The fourth-order valence-corrected chi connectivity index (χ4v) is 3.36. The maximum atomic E-state index is 9.60. The molecule has 0 spiro atoms. The molecule has 136 valence electrons. The first kappa shape index (κ1) is 18.6. The van der Waals surface area contributed by atoms with Gasteiger partial charge in [0.05, 0.1) is 17.7 Å². The van der Waals surface area contributed by atoms with Crippen molar-refractivity contribution in [2.45, 2.75) is 45.0 Å². The molecule has 2 aromatic carbocycles. The van der Waals surface area contributed by atoms with Gasteiger partial charge in [0, 0.05) is 32.2 Å². The normalized spacial score (nSPS) is 17.0. The van der Waals surface area contributed by atoms with Crippen LogP contribution in [0.2, 0.25) is 0 Å². The molecule has 4 nitrogen and oxygen atoms in total. The Balaban J connectivity index is 1.50. The number of nitrogens with zero attached hydrogens (tertiary/aromatic N) is 2. The molecule has 0 unspecified atom stereocenters. The molecule has 4 heteroatoms. The minimum Gasteiger partial charge on any atom is -0.393 e. The van der Waals surface area contributed by atoms with Crippen molar-refractivity contribution in [1.82, 2.24) is 10.2 Å². The SMILES string of the molecule is C[C@H](NCc1ccc(CN2CCC(O)CC2)cc1)c1cccc(C#N)c1. The fraction of sp³-hybridized carbons (Fsp3) is 0.409. The molecule has 3 rings (SSSR count). The van der Waals surface area contributed by atoms with Gasteiger partial charge in [-0.05, 0) is 48.6 Å². The average molecular weight is 349 g/mol. The van der Waals surface area contributed by atoms with Gasteiger partial charge in [-0.25, -0.2) is 0 Å². The molecule has 0 radical (unpaired) electrons. The van der Waals surface area contributed by atoms with E-state index in [1.165, 1.54) is 11.1 Å². The standard InChI is InChI=1S/C22H27N3O/c1-17(21-4-2-3-20(13-21)14-23)24-15-18-5-7-19(8-6-18)16-25-11-9-22(26)10-12-25/h2-8,13,17,22,24,26H,9-12,15-16H2,1H3/t17-/m0/s1. The lowest BCUT2D eigenvalue weighted by Gasteiger charge is -2.29. The zero-order valence-electron chi connectivity index (χ0n) is 15.4. The van der Waals surface area contributed by atoms with Crippen molar-refractivity contribution in [3.05, 3.63) is 70.8 Å². The Morgan fingerprint density at radius 1 is 1.15 bits per heavy atom. The van der Waals surface area contributed by atoms with Crippen LogP contribution < -0.4 is 5.32 Å². The summed E-state index contributed by atoms with van der Waals surface area (Å²) in [5.41, 5.74) is 4.41. The third kappa shape index (κ3) is 5.15. The summed E-state index contributed by atoms with van der Waals surface area (Å²) in [4.78, 5) is 2.41. The number of hydrogen-bond donors (Lipinski definition) is 2. The second-order valence-electron chi connectivity index (χ2n) is 7.16. The molecule has 1 aliphatic heterocycles. The van der Waals surface area contributed by atoms with Gasteiger partial charge in [-0.3, -0.25) is 4.90 Å². The number of benzene rings is 2. The molecule has 1 atom stereocenters. The summed E-state index contributed by atoms with van der Waals surface area (Å²) in [7, 11) is 0. The van der Waals surface area contributed by atoms with E-state index in [0.717, 1.165) is 44.6 Å². The second-order valence-corrected chi connectivity index (χ2v) is 7.16. The first-order valence-electron chi connectivity index (χ1n) is 9.36. The van der Waals surface area contributed by atoms with Gasteiger partial charge in [-0.2, -0.15) is 5.26 Å². The predicted octanol–water partition coefficient (Wildman–Crippen LogP) is 3.37. The minimum atomic E-state index is -0.115. The lowest BCUT2D eigenvalue weighted by Crippen LogP contribution is -2.35. The zero-order valence-corrected chi connectivity index (χ0v) is 15.4. The summed E-state index contributed by atoms with van der Waals surface area (Å²) in [5, 5.41) is 22.1. The van der Waals surface area contributed by atoms with Crippen LogP contribution in [0.1, 0.15) is 48.1 Å². The molecule has 0 bridgehead atoms. The second kappa shape index (κ2) is 8.95. The van der Waals surface area contributed by atoms with E-state index in [2.05, 4.69) is 53.5 Å². The largest absolute Gasteiger partial charge is 0.393 e. The fourth-order valence-electron chi connectivity index (χ4n) is 3.36. The lowest BCUT2D eigenvalue weighted by atomic mass is 10.0. The number of hydrogen-bond acceptors (Lipinski definition) is 4. The maximum Gasteiger partial charge on any atom is 0.0991 e. The van der Waals surface area contributed by atoms with Crippen LogP contribution >= 0.6 is 0 Å². The highest BCUT2D eigenvalue weighted by Crippen LogP contribution is 2.16. The van der Waals surface area contributed by atoms with E-state index >= 15 is 0 Å². The molecule has 26 heavy (non-hydrogen) atoms. The lowest BCUT2D eigenvalue weighted by molar-refractivity contribution is 0.0792. The smallest absolute Gasteiger partial charge is 0.0991 e. The topological polar surface area (TPSA) is 59.3 Å². The van der Waals surface area contributed by atoms with Crippen LogP contribution in [-0.2, 0) is 13.1 Å². The number of piperidine rings is 1. The molecule has 0 saturated carbocycles. The van der Waals surface area contributed by atoms with Crippen LogP contribution in [0.3, 0.4) is 0 Å². The van der Waals surface area contributed by atoms with E-state index in [-0.39, 0.29) is 12.1 Å². The van der Waals surface area contributed by atoms with E-state index in [1.807, 2.05) is 18.2 Å². The van der Waals surface area contributed by atoms with Crippen LogP contribution in [-0.4, -0.2) is 29.2 Å². The predicted molar refractivity (Wildman–Crippen MR) is 103 cm³/mol. The van der Waals surface area contributed by atoms with Crippen molar-refractivity contribution in [2.24, 2.45) is 0 Å². The number of aliphatic hydroxyl groups excluding tert-OH is 1. The monoisotopic (exact) mass is 349 g/mol. The van der Waals surface area contributed by atoms with Crippen molar-refractivity contribution in [3.63, 3.8) is 0 Å². The molecule has 0 aromatic heterocycles. The highest BCUT2D eigenvalue weighted by molar-refractivity contribution is 5.34. The quantitative estimate of drug-likeness (QED) is 0.839. The molecule has 1 heterocycles. The number of likely N-dealkylation sites (tertiary alicyclic amines) is 1. The average Bonchev–Trinajstić information content (AvgIpc) is 2.69. The summed E-state index contributed by atoms with van der Waals surface area (Å²) in [5.74, 6) is 0. The Labute approximate surface area is 156 Å². The summed E-state index contributed by atoms with van der Waals surface area (Å²) in [6, 6.07) is 18.9. The van der Waals surface area contributed by atoms with E-state index in [1.54, 1.807) is 0 Å². The van der Waals surface area contributed by atoms with Crippen molar-refractivity contribution in [1.29, 1.82) is 5.26 Å². The Hall–Kier alpha value is -2.19. The minimum absolute atomic E-state index is 0.115. The Morgan fingerprint density at radius 2 is 1.85 bits per heavy atom. The van der Waals surface area contributed by atoms with E-state index in [9.17, 15) is 5.11 Å².